The molecule has 0 bridgehead atoms. The Kier molecular flexibility index (Phi) is 5.65. The lowest BCUT2D eigenvalue weighted by molar-refractivity contribution is -0.121. The fourth-order valence-electron chi connectivity index (χ4n) is 1.95. The summed E-state index contributed by atoms with van der Waals surface area (Å²) in [5, 5.41) is 0. The average Bonchev–Trinajstić information content (AvgIpc) is 2.32. The lowest BCUT2D eigenvalue weighted by Crippen LogP contribution is -2.35. The highest BCUT2D eigenvalue weighted by Crippen LogP contribution is 2.14. The van der Waals surface area contributed by atoms with Gasteiger partial charge in [0.2, 0.25) is 5.91 Å². The van der Waals surface area contributed by atoms with Crippen molar-refractivity contribution in [2.24, 2.45) is 11.7 Å². The number of rotatable bonds is 7. The van der Waals surface area contributed by atoms with Crippen molar-refractivity contribution in [2.75, 3.05) is 18.8 Å². The second kappa shape index (κ2) is 7.01. The molecule has 0 aromatic heterocycles. The summed E-state index contributed by atoms with van der Waals surface area (Å²) >= 11 is 0. The Morgan fingerprint density at radius 1 is 1.39 bits per heavy atom. The Labute approximate surface area is 109 Å². The normalized spacial score (nSPS) is 12.6. The molecule has 4 heteroatoms. The summed E-state index contributed by atoms with van der Waals surface area (Å²) < 4.78 is 0. The summed E-state index contributed by atoms with van der Waals surface area (Å²) in [5.41, 5.74) is 13.1. The fourth-order valence-corrected chi connectivity index (χ4v) is 1.95. The number of hydrogen-bond acceptors (Lipinski definition) is 3. The number of nitrogens with two attached hydrogens (primary N) is 2. The number of carbonyl (C=O) groups is 1. The van der Waals surface area contributed by atoms with Gasteiger partial charge in [-0.1, -0.05) is 32.0 Å². The number of amides is 1. The second-order valence-electron chi connectivity index (χ2n) is 4.74. The maximum Gasteiger partial charge on any atom is 0.221 e. The van der Waals surface area contributed by atoms with Gasteiger partial charge < -0.3 is 11.5 Å². The zero-order valence-electron chi connectivity index (χ0n) is 11.2. The lowest BCUT2D eigenvalue weighted by atomic mass is 10.1. The van der Waals surface area contributed by atoms with Crippen LogP contribution in [-0.2, 0) is 11.3 Å². The first kappa shape index (κ1) is 14.5. The van der Waals surface area contributed by atoms with Crippen LogP contribution in [0, 0.1) is 5.92 Å². The van der Waals surface area contributed by atoms with E-state index in [0.29, 0.717) is 6.54 Å². The summed E-state index contributed by atoms with van der Waals surface area (Å²) in [7, 11) is 0. The molecule has 18 heavy (non-hydrogen) atoms. The van der Waals surface area contributed by atoms with Crippen molar-refractivity contribution < 1.29 is 4.79 Å². The van der Waals surface area contributed by atoms with Gasteiger partial charge in [0.1, 0.15) is 0 Å². The third-order valence-electron chi connectivity index (χ3n) is 3.01. The summed E-state index contributed by atoms with van der Waals surface area (Å²) in [6, 6.07) is 7.83. The van der Waals surface area contributed by atoms with Crippen molar-refractivity contribution in [3.63, 3.8) is 0 Å². The Balaban J connectivity index is 2.68. The number of primary amides is 1. The van der Waals surface area contributed by atoms with Crippen molar-refractivity contribution in [3.8, 4) is 0 Å². The Bertz CT molecular complexity index is 392. The van der Waals surface area contributed by atoms with Crippen LogP contribution in [0.5, 0.6) is 0 Å². The van der Waals surface area contributed by atoms with E-state index in [9.17, 15) is 4.79 Å². The molecule has 1 rings (SSSR count). The van der Waals surface area contributed by atoms with Gasteiger partial charge in [0.15, 0.2) is 0 Å². The molecule has 0 saturated carbocycles. The van der Waals surface area contributed by atoms with Crippen molar-refractivity contribution in [2.45, 2.75) is 26.8 Å². The van der Waals surface area contributed by atoms with Gasteiger partial charge in [-0.3, -0.25) is 9.69 Å². The summed E-state index contributed by atoms with van der Waals surface area (Å²) in [6.45, 7) is 6.36. The van der Waals surface area contributed by atoms with Gasteiger partial charge in [0.25, 0.3) is 0 Å². The minimum atomic E-state index is -0.253. The van der Waals surface area contributed by atoms with E-state index in [1.165, 1.54) is 0 Å². The molecule has 0 fully saturated rings. The highest BCUT2D eigenvalue weighted by atomic mass is 16.1. The second-order valence-corrected chi connectivity index (χ2v) is 4.74. The summed E-state index contributed by atoms with van der Waals surface area (Å²) in [4.78, 5) is 13.4. The third-order valence-corrected chi connectivity index (χ3v) is 3.01. The number of nitrogen functional groups attached to an aromatic ring is 1. The molecular weight excluding hydrogens is 226 g/mol. The molecule has 1 atom stereocenters. The number of benzene rings is 1. The Morgan fingerprint density at radius 3 is 2.61 bits per heavy atom. The van der Waals surface area contributed by atoms with E-state index >= 15 is 0 Å². The molecule has 0 aliphatic carbocycles. The maximum atomic E-state index is 11.1. The topological polar surface area (TPSA) is 72.3 Å². The molecule has 0 aliphatic heterocycles. The Hall–Kier alpha value is -1.55. The first-order valence-corrected chi connectivity index (χ1v) is 6.39. The van der Waals surface area contributed by atoms with Gasteiger partial charge in [0.05, 0.1) is 0 Å². The van der Waals surface area contributed by atoms with Gasteiger partial charge in [-0.05, 0) is 24.6 Å². The summed E-state index contributed by atoms with van der Waals surface area (Å²) in [6.07, 6.45) is 1.04. The first-order valence-electron chi connectivity index (χ1n) is 6.39. The lowest BCUT2D eigenvalue weighted by Gasteiger charge is -2.24. The number of nitrogens with zero attached hydrogens (tertiary/aromatic N) is 1. The Morgan fingerprint density at radius 2 is 2.06 bits per heavy atom. The molecule has 0 aliphatic rings. The smallest absolute Gasteiger partial charge is 0.221 e. The van der Waals surface area contributed by atoms with Gasteiger partial charge in [0, 0.05) is 24.7 Å². The van der Waals surface area contributed by atoms with E-state index in [4.69, 9.17) is 11.5 Å². The number of anilines is 1. The van der Waals surface area contributed by atoms with Gasteiger partial charge >= 0.3 is 0 Å². The molecule has 4 N–H and O–H groups in total. The number of hydrogen-bond donors (Lipinski definition) is 2. The molecular formula is C14H23N3O. The van der Waals surface area contributed by atoms with Crippen LogP contribution in [0.1, 0.15) is 25.8 Å². The fraction of sp³-hybridized carbons (Fsp3) is 0.500. The first-order chi connectivity index (χ1) is 8.54. The van der Waals surface area contributed by atoms with Crippen LogP contribution in [0.25, 0.3) is 0 Å². The van der Waals surface area contributed by atoms with Crippen LogP contribution >= 0.6 is 0 Å². The standard InChI is InChI=1S/C14H23N3O/c1-3-8-17(9-11(2)14(16)18)10-12-6-4-5-7-13(12)15/h4-7,11H,3,8-10,15H2,1-2H3,(H2,16,18). The molecule has 0 spiro atoms. The van der Waals surface area contributed by atoms with Crippen LogP contribution in [0.2, 0.25) is 0 Å². The highest BCUT2D eigenvalue weighted by Gasteiger charge is 2.15. The molecule has 100 valence electrons. The van der Waals surface area contributed by atoms with E-state index < -0.39 is 0 Å². The molecule has 1 amide bonds. The van der Waals surface area contributed by atoms with Gasteiger partial charge in [-0.25, -0.2) is 0 Å². The van der Waals surface area contributed by atoms with Crippen LogP contribution in [0.15, 0.2) is 24.3 Å². The monoisotopic (exact) mass is 249 g/mol. The maximum absolute atomic E-state index is 11.1. The van der Waals surface area contributed by atoms with E-state index in [2.05, 4.69) is 11.8 Å². The minimum Gasteiger partial charge on any atom is -0.398 e. The largest absolute Gasteiger partial charge is 0.398 e. The van der Waals surface area contributed by atoms with Gasteiger partial charge in [-0.2, -0.15) is 0 Å². The zero-order valence-corrected chi connectivity index (χ0v) is 11.2. The predicted octanol–water partition coefficient (Wildman–Crippen LogP) is 1.60. The van der Waals surface area contributed by atoms with E-state index in [1.54, 1.807) is 0 Å². The quantitative estimate of drug-likeness (QED) is 0.721. The van der Waals surface area contributed by atoms with Gasteiger partial charge in [-0.15, -0.1) is 0 Å². The molecule has 0 radical (unpaired) electrons. The predicted molar refractivity (Wildman–Crippen MR) is 74.8 cm³/mol. The van der Waals surface area contributed by atoms with E-state index in [-0.39, 0.29) is 11.8 Å². The molecule has 1 aromatic rings. The molecule has 0 heterocycles. The molecule has 1 aromatic carbocycles. The van der Waals surface area contributed by atoms with E-state index in [1.807, 2.05) is 31.2 Å². The molecule has 4 nitrogen and oxygen atoms in total. The number of para-hydroxylation sites is 1. The minimum absolute atomic E-state index is 0.138. The third kappa shape index (κ3) is 4.37. The molecule has 0 saturated heterocycles. The SMILES string of the molecule is CCCN(Cc1ccccc1N)CC(C)C(N)=O. The van der Waals surface area contributed by atoms with E-state index in [0.717, 1.165) is 30.8 Å². The average molecular weight is 249 g/mol. The van der Waals surface area contributed by atoms with Crippen LogP contribution in [0.3, 0.4) is 0 Å². The zero-order chi connectivity index (χ0) is 13.5. The molecule has 1 unspecified atom stereocenters. The van der Waals surface area contributed by atoms with Crippen LogP contribution in [-0.4, -0.2) is 23.9 Å². The number of carbonyl (C=O) groups excluding carboxylic acids is 1. The van der Waals surface area contributed by atoms with Crippen LogP contribution in [0.4, 0.5) is 5.69 Å². The van der Waals surface area contributed by atoms with Crippen molar-refractivity contribution >= 4 is 11.6 Å². The van der Waals surface area contributed by atoms with Crippen molar-refractivity contribution in [3.05, 3.63) is 29.8 Å². The van der Waals surface area contributed by atoms with Crippen molar-refractivity contribution in [1.82, 2.24) is 4.90 Å². The summed E-state index contributed by atoms with van der Waals surface area (Å²) in [5.74, 6) is -0.390. The van der Waals surface area contributed by atoms with Crippen molar-refractivity contribution in [1.29, 1.82) is 0 Å². The highest BCUT2D eigenvalue weighted by molar-refractivity contribution is 5.76. The van der Waals surface area contributed by atoms with Crippen LogP contribution < -0.4 is 11.5 Å².